The average molecular weight is 233 g/mol. The van der Waals surface area contributed by atoms with E-state index in [2.05, 4.69) is 43.5 Å². The zero-order chi connectivity index (χ0) is 11.5. The molecule has 86 valence electrons. The van der Waals surface area contributed by atoms with Gasteiger partial charge in [0.2, 0.25) is 0 Å². The van der Waals surface area contributed by atoms with Crippen molar-refractivity contribution >= 4 is 21.4 Å². The van der Waals surface area contributed by atoms with Gasteiger partial charge in [0.05, 0.1) is 0 Å². The molecule has 2 rings (SSSR count). The van der Waals surface area contributed by atoms with Crippen LogP contribution in [-0.4, -0.2) is 0 Å². The van der Waals surface area contributed by atoms with Crippen LogP contribution in [0.1, 0.15) is 38.3 Å². The maximum atomic E-state index is 6.26. The molecule has 2 heteroatoms. The van der Waals surface area contributed by atoms with Crippen molar-refractivity contribution in [2.45, 2.75) is 32.7 Å². The van der Waals surface area contributed by atoms with E-state index in [4.69, 9.17) is 5.73 Å². The molecule has 1 aromatic heterocycles. The lowest BCUT2D eigenvalue weighted by Gasteiger charge is -2.12. The first-order valence-electron chi connectivity index (χ1n) is 5.90. The van der Waals surface area contributed by atoms with Crippen molar-refractivity contribution < 1.29 is 0 Å². The van der Waals surface area contributed by atoms with Crippen molar-refractivity contribution in [3.8, 4) is 0 Å². The third-order valence-electron chi connectivity index (χ3n) is 2.97. The van der Waals surface area contributed by atoms with Crippen LogP contribution in [0.3, 0.4) is 0 Å². The molecule has 0 unspecified atom stereocenters. The van der Waals surface area contributed by atoms with E-state index in [-0.39, 0.29) is 6.04 Å². The summed E-state index contributed by atoms with van der Waals surface area (Å²) in [5, 5.41) is 3.55. The third-order valence-corrected chi connectivity index (χ3v) is 3.95. The van der Waals surface area contributed by atoms with Crippen molar-refractivity contribution in [3.05, 3.63) is 35.2 Å². The quantitative estimate of drug-likeness (QED) is 0.835. The summed E-state index contributed by atoms with van der Waals surface area (Å²) in [5.41, 5.74) is 7.58. The standard InChI is InChI=1S/C14H19NS/c1-10(2)7-8-13(15)12-9-16-14-6-4-3-5-11(12)14/h3-6,9-10,13H,7-8,15H2,1-2H3/t13-/m0/s1. The van der Waals surface area contributed by atoms with Crippen LogP contribution in [0.4, 0.5) is 0 Å². The highest BCUT2D eigenvalue weighted by Gasteiger charge is 2.11. The summed E-state index contributed by atoms with van der Waals surface area (Å²) < 4.78 is 1.34. The highest BCUT2D eigenvalue weighted by atomic mass is 32.1. The number of nitrogens with two attached hydrogens (primary N) is 1. The van der Waals surface area contributed by atoms with Gasteiger partial charge in [0, 0.05) is 10.7 Å². The Hall–Kier alpha value is -0.860. The zero-order valence-electron chi connectivity index (χ0n) is 9.94. The number of rotatable bonds is 4. The fourth-order valence-electron chi connectivity index (χ4n) is 1.95. The smallest absolute Gasteiger partial charge is 0.0346 e. The van der Waals surface area contributed by atoms with Crippen molar-refractivity contribution in [2.75, 3.05) is 0 Å². The first-order chi connectivity index (χ1) is 7.68. The minimum Gasteiger partial charge on any atom is -0.324 e. The van der Waals surface area contributed by atoms with Crippen LogP contribution in [0.15, 0.2) is 29.6 Å². The lowest BCUT2D eigenvalue weighted by atomic mass is 9.98. The molecule has 2 aromatic rings. The molecule has 0 aliphatic rings. The number of hydrogen-bond acceptors (Lipinski definition) is 2. The molecular formula is C14H19NS. The third kappa shape index (κ3) is 2.45. The number of fused-ring (bicyclic) bond motifs is 1. The Morgan fingerprint density at radius 3 is 2.69 bits per heavy atom. The monoisotopic (exact) mass is 233 g/mol. The molecule has 1 heterocycles. The molecule has 0 aliphatic heterocycles. The minimum atomic E-state index is 0.193. The molecule has 0 aliphatic carbocycles. The van der Waals surface area contributed by atoms with Gasteiger partial charge in [0.25, 0.3) is 0 Å². The van der Waals surface area contributed by atoms with Crippen LogP contribution in [0.25, 0.3) is 10.1 Å². The van der Waals surface area contributed by atoms with Gasteiger partial charge in [-0.15, -0.1) is 11.3 Å². The van der Waals surface area contributed by atoms with Crippen molar-refractivity contribution in [3.63, 3.8) is 0 Å². The Morgan fingerprint density at radius 1 is 1.19 bits per heavy atom. The molecule has 16 heavy (non-hydrogen) atoms. The SMILES string of the molecule is CC(C)CC[C@H](N)c1csc2ccccc12. The van der Waals surface area contributed by atoms with Crippen LogP contribution < -0.4 is 5.73 Å². The van der Waals surface area contributed by atoms with Crippen LogP contribution in [0.2, 0.25) is 0 Å². The molecule has 1 nitrogen and oxygen atoms in total. The number of benzene rings is 1. The molecule has 0 amide bonds. The van der Waals surface area contributed by atoms with E-state index in [9.17, 15) is 0 Å². The first kappa shape index (κ1) is 11.6. The summed E-state index contributed by atoms with van der Waals surface area (Å²) in [6, 6.07) is 8.71. The minimum absolute atomic E-state index is 0.193. The zero-order valence-corrected chi connectivity index (χ0v) is 10.8. The van der Waals surface area contributed by atoms with Gasteiger partial charge in [0.1, 0.15) is 0 Å². The second-order valence-electron chi connectivity index (χ2n) is 4.76. The number of thiophene rings is 1. The Kier molecular flexibility index (Phi) is 3.62. The lowest BCUT2D eigenvalue weighted by molar-refractivity contribution is 0.509. The van der Waals surface area contributed by atoms with Gasteiger partial charge in [-0.25, -0.2) is 0 Å². The highest BCUT2D eigenvalue weighted by Crippen LogP contribution is 2.31. The molecule has 0 saturated heterocycles. The molecule has 1 aromatic carbocycles. The molecule has 0 radical (unpaired) electrons. The van der Waals surface area contributed by atoms with Gasteiger partial charge < -0.3 is 5.73 Å². The van der Waals surface area contributed by atoms with E-state index in [0.29, 0.717) is 0 Å². The predicted octanol–water partition coefficient (Wildman–Crippen LogP) is 4.34. The Bertz CT molecular complexity index is 458. The summed E-state index contributed by atoms with van der Waals surface area (Å²) in [6.45, 7) is 4.50. The van der Waals surface area contributed by atoms with E-state index >= 15 is 0 Å². The maximum absolute atomic E-state index is 6.26. The molecule has 0 spiro atoms. The molecule has 0 fully saturated rings. The Morgan fingerprint density at radius 2 is 1.94 bits per heavy atom. The van der Waals surface area contributed by atoms with Gasteiger partial charge in [-0.3, -0.25) is 0 Å². The predicted molar refractivity (Wildman–Crippen MR) is 72.8 cm³/mol. The highest BCUT2D eigenvalue weighted by molar-refractivity contribution is 7.17. The topological polar surface area (TPSA) is 26.0 Å². The molecule has 1 atom stereocenters. The van der Waals surface area contributed by atoms with Crippen LogP contribution >= 0.6 is 11.3 Å². The summed E-state index contributed by atoms with van der Waals surface area (Å²) in [5.74, 6) is 0.732. The maximum Gasteiger partial charge on any atom is 0.0346 e. The Balaban J connectivity index is 2.19. The molecule has 0 bridgehead atoms. The van der Waals surface area contributed by atoms with Crippen LogP contribution in [0.5, 0.6) is 0 Å². The van der Waals surface area contributed by atoms with Gasteiger partial charge in [-0.1, -0.05) is 32.0 Å². The molecule has 0 saturated carbocycles. The Labute approximate surface area is 101 Å². The fraction of sp³-hybridized carbons (Fsp3) is 0.429. The largest absolute Gasteiger partial charge is 0.324 e. The first-order valence-corrected chi connectivity index (χ1v) is 6.78. The van der Waals surface area contributed by atoms with Crippen molar-refractivity contribution in [1.82, 2.24) is 0 Å². The van der Waals surface area contributed by atoms with E-state index in [0.717, 1.165) is 12.3 Å². The van der Waals surface area contributed by atoms with Crippen LogP contribution in [-0.2, 0) is 0 Å². The van der Waals surface area contributed by atoms with E-state index in [1.54, 1.807) is 11.3 Å². The lowest BCUT2D eigenvalue weighted by Crippen LogP contribution is -2.10. The summed E-state index contributed by atoms with van der Waals surface area (Å²) in [4.78, 5) is 0. The van der Waals surface area contributed by atoms with Crippen molar-refractivity contribution in [2.24, 2.45) is 11.7 Å². The van der Waals surface area contributed by atoms with Gasteiger partial charge in [-0.2, -0.15) is 0 Å². The fourth-order valence-corrected chi connectivity index (χ4v) is 2.98. The van der Waals surface area contributed by atoms with Gasteiger partial charge in [-0.05, 0) is 41.2 Å². The van der Waals surface area contributed by atoms with Crippen molar-refractivity contribution in [1.29, 1.82) is 0 Å². The van der Waals surface area contributed by atoms with Gasteiger partial charge in [0.15, 0.2) is 0 Å². The number of hydrogen-bond donors (Lipinski definition) is 1. The second-order valence-corrected chi connectivity index (χ2v) is 5.68. The normalized spacial score (nSPS) is 13.5. The summed E-state index contributed by atoms with van der Waals surface area (Å²) in [7, 11) is 0. The second kappa shape index (κ2) is 4.98. The summed E-state index contributed by atoms with van der Waals surface area (Å²) >= 11 is 1.80. The summed E-state index contributed by atoms with van der Waals surface area (Å²) in [6.07, 6.45) is 2.28. The average Bonchev–Trinajstić information content (AvgIpc) is 2.69. The van der Waals surface area contributed by atoms with Gasteiger partial charge >= 0.3 is 0 Å². The van der Waals surface area contributed by atoms with Crippen LogP contribution in [0, 0.1) is 5.92 Å². The van der Waals surface area contributed by atoms with E-state index in [1.165, 1.54) is 22.1 Å². The molecular weight excluding hydrogens is 214 g/mol. The van der Waals surface area contributed by atoms with E-state index < -0.39 is 0 Å². The molecule has 2 N–H and O–H groups in total. The van der Waals surface area contributed by atoms with E-state index in [1.807, 2.05) is 0 Å².